The molecular weight excluding hydrogens is 342 g/mol. The summed E-state index contributed by atoms with van der Waals surface area (Å²) in [5, 5.41) is 0. The number of hydrogen-bond acceptors (Lipinski definition) is 2. The van der Waals surface area contributed by atoms with E-state index >= 15 is 0 Å². The summed E-state index contributed by atoms with van der Waals surface area (Å²) in [6.07, 6.45) is 4.19. The van der Waals surface area contributed by atoms with Crippen molar-refractivity contribution < 1.29 is 0 Å². The van der Waals surface area contributed by atoms with Gasteiger partial charge in [0.05, 0.1) is 4.47 Å². The van der Waals surface area contributed by atoms with Gasteiger partial charge in [0.2, 0.25) is 0 Å². The normalized spacial score (nSPS) is 17.8. The first kappa shape index (κ1) is 11.7. The Bertz CT molecular complexity index is 440. The van der Waals surface area contributed by atoms with Gasteiger partial charge in [-0.15, -0.1) is 0 Å². The van der Waals surface area contributed by atoms with Gasteiger partial charge in [0, 0.05) is 17.2 Å². The van der Waals surface area contributed by atoms with Crippen molar-refractivity contribution in [2.24, 2.45) is 5.41 Å². The lowest BCUT2D eigenvalue weighted by molar-refractivity contribution is 0.462. The minimum Gasteiger partial charge on any atom is -0.313 e. The van der Waals surface area contributed by atoms with Gasteiger partial charge in [0.25, 0.3) is 5.56 Å². The number of rotatable bonds is 3. The molecule has 1 aliphatic carbocycles. The van der Waals surface area contributed by atoms with E-state index in [0.717, 1.165) is 16.8 Å². The van der Waals surface area contributed by atoms with Crippen LogP contribution in [0.5, 0.6) is 0 Å². The van der Waals surface area contributed by atoms with Crippen LogP contribution in [0.2, 0.25) is 0 Å². The molecule has 0 saturated heterocycles. The lowest BCUT2D eigenvalue weighted by atomic mass is 10.1. The molecule has 15 heavy (non-hydrogen) atoms. The fraction of sp³-hybridized carbons (Fsp3) is 0.500. The van der Waals surface area contributed by atoms with E-state index in [4.69, 9.17) is 0 Å². The van der Waals surface area contributed by atoms with Crippen molar-refractivity contribution in [2.45, 2.75) is 19.4 Å². The topological polar surface area (TPSA) is 22.0 Å². The maximum atomic E-state index is 11.8. The minimum absolute atomic E-state index is 0.0336. The number of aromatic nitrogens is 1. The highest BCUT2D eigenvalue weighted by Crippen LogP contribution is 2.47. The van der Waals surface area contributed by atoms with Crippen LogP contribution < -0.4 is 5.56 Å². The van der Waals surface area contributed by atoms with E-state index in [2.05, 4.69) is 44.5 Å². The Morgan fingerprint density at radius 3 is 2.67 bits per heavy atom. The van der Waals surface area contributed by atoms with Gasteiger partial charge in [-0.3, -0.25) is 4.79 Å². The smallest absolute Gasteiger partial charge is 0.264 e. The quantitative estimate of drug-likeness (QED) is 0.829. The molecule has 82 valence electrons. The predicted molar refractivity (Wildman–Crippen MR) is 71.6 cm³/mol. The van der Waals surface area contributed by atoms with Crippen LogP contribution in [0.1, 0.15) is 12.8 Å². The van der Waals surface area contributed by atoms with Crippen molar-refractivity contribution in [3.63, 3.8) is 0 Å². The molecule has 0 unspecified atom stereocenters. The Labute approximate surface area is 111 Å². The first-order valence-electron chi connectivity index (χ1n) is 4.73. The Hall–Kier alpha value is 0.260. The number of thiol groups is 1. The average Bonchev–Trinajstić information content (AvgIpc) is 2.94. The minimum atomic E-state index is 0.0336. The molecular formula is C10H11Br2NOS. The van der Waals surface area contributed by atoms with E-state index in [1.165, 1.54) is 12.8 Å². The summed E-state index contributed by atoms with van der Waals surface area (Å²) in [4.78, 5) is 11.8. The van der Waals surface area contributed by atoms with Crippen LogP contribution in [0.4, 0.5) is 0 Å². The molecule has 1 fully saturated rings. The zero-order chi connectivity index (χ0) is 11.1. The van der Waals surface area contributed by atoms with Crippen LogP contribution in [-0.4, -0.2) is 10.3 Å². The summed E-state index contributed by atoms with van der Waals surface area (Å²) in [5.41, 5.74) is 0.291. The second-order valence-electron chi connectivity index (χ2n) is 4.10. The fourth-order valence-electron chi connectivity index (χ4n) is 1.59. The molecule has 0 amide bonds. The molecule has 5 heteroatoms. The van der Waals surface area contributed by atoms with Gasteiger partial charge in [-0.1, -0.05) is 0 Å². The zero-order valence-corrected chi connectivity index (χ0v) is 12.1. The van der Waals surface area contributed by atoms with Crippen LogP contribution in [0.25, 0.3) is 0 Å². The summed E-state index contributed by atoms with van der Waals surface area (Å²) < 4.78 is 3.29. The average molecular weight is 353 g/mol. The van der Waals surface area contributed by atoms with Gasteiger partial charge in [-0.2, -0.15) is 12.6 Å². The third kappa shape index (κ3) is 2.50. The predicted octanol–water partition coefficient (Wildman–Crippen LogP) is 3.08. The zero-order valence-electron chi connectivity index (χ0n) is 8.04. The Morgan fingerprint density at radius 1 is 1.47 bits per heavy atom. The van der Waals surface area contributed by atoms with Crippen LogP contribution >= 0.6 is 44.5 Å². The summed E-state index contributed by atoms with van der Waals surface area (Å²) in [6, 6.07) is 1.78. The SMILES string of the molecule is O=c1c(Br)cc(Br)cn1CC1(CS)CC1. The molecule has 0 aromatic carbocycles. The van der Waals surface area contributed by atoms with E-state index in [0.29, 0.717) is 4.47 Å². The molecule has 1 aliphatic rings. The molecule has 1 aromatic heterocycles. The highest BCUT2D eigenvalue weighted by Gasteiger charge is 2.41. The molecule has 0 spiro atoms. The van der Waals surface area contributed by atoms with E-state index in [9.17, 15) is 4.79 Å². The maximum Gasteiger partial charge on any atom is 0.264 e. The van der Waals surface area contributed by atoms with Gasteiger partial charge < -0.3 is 4.57 Å². The molecule has 0 N–H and O–H groups in total. The van der Waals surface area contributed by atoms with Gasteiger partial charge in [-0.25, -0.2) is 0 Å². The number of nitrogens with zero attached hydrogens (tertiary/aromatic N) is 1. The van der Waals surface area contributed by atoms with Crippen molar-refractivity contribution in [3.05, 3.63) is 31.6 Å². The van der Waals surface area contributed by atoms with Crippen molar-refractivity contribution in [1.29, 1.82) is 0 Å². The largest absolute Gasteiger partial charge is 0.313 e. The maximum absolute atomic E-state index is 11.8. The second kappa shape index (κ2) is 4.26. The van der Waals surface area contributed by atoms with Crippen LogP contribution in [0, 0.1) is 5.41 Å². The molecule has 1 heterocycles. The summed E-state index contributed by atoms with van der Waals surface area (Å²) in [6.45, 7) is 0.771. The first-order chi connectivity index (χ1) is 7.06. The molecule has 0 atom stereocenters. The van der Waals surface area contributed by atoms with Crippen molar-refractivity contribution in [3.8, 4) is 0 Å². The molecule has 0 radical (unpaired) electrons. The van der Waals surface area contributed by atoms with Crippen LogP contribution in [0.15, 0.2) is 26.0 Å². The van der Waals surface area contributed by atoms with Crippen molar-refractivity contribution >= 4 is 44.5 Å². The Kier molecular flexibility index (Phi) is 3.33. The number of hydrogen-bond donors (Lipinski definition) is 1. The highest BCUT2D eigenvalue weighted by molar-refractivity contribution is 9.11. The lowest BCUT2D eigenvalue weighted by Gasteiger charge is -2.14. The Balaban J connectivity index is 2.32. The third-order valence-corrected chi connectivity index (χ3v) is 4.48. The molecule has 0 bridgehead atoms. The Morgan fingerprint density at radius 2 is 2.13 bits per heavy atom. The van der Waals surface area contributed by atoms with Crippen LogP contribution in [0.3, 0.4) is 0 Å². The van der Waals surface area contributed by atoms with E-state index in [-0.39, 0.29) is 11.0 Å². The van der Waals surface area contributed by atoms with E-state index in [1.807, 2.05) is 6.20 Å². The molecule has 2 rings (SSSR count). The van der Waals surface area contributed by atoms with Crippen LogP contribution in [-0.2, 0) is 6.54 Å². The van der Waals surface area contributed by atoms with E-state index < -0.39 is 0 Å². The van der Waals surface area contributed by atoms with Gasteiger partial charge >= 0.3 is 0 Å². The number of halogens is 2. The molecule has 0 aliphatic heterocycles. The third-order valence-electron chi connectivity index (χ3n) is 2.81. The number of pyridine rings is 1. The summed E-state index contributed by atoms with van der Waals surface area (Å²) in [5.74, 6) is 0.851. The standard InChI is InChI=1S/C10H11Br2NOS/c11-7-3-8(12)9(14)13(4-7)5-10(6-15)1-2-10/h3-4,15H,1-2,5-6H2. The van der Waals surface area contributed by atoms with Crippen molar-refractivity contribution in [1.82, 2.24) is 4.57 Å². The van der Waals surface area contributed by atoms with Gasteiger partial charge in [-0.05, 0) is 61.9 Å². The highest BCUT2D eigenvalue weighted by atomic mass is 79.9. The molecule has 2 nitrogen and oxygen atoms in total. The molecule has 1 aromatic rings. The van der Waals surface area contributed by atoms with Gasteiger partial charge in [0.1, 0.15) is 0 Å². The monoisotopic (exact) mass is 351 g/mol. The summed E-state index contributed by atoms with van der Waals surface area (Å²) >= 11 is 11.0. The van der Waals surface area contributed by atoms with Gasteiger partial charge in [0.15, 0.2) is 0 Å². The second-order valence-corrected chi connectivity index (χ2v) is 6.18. The fourth-order valence-corrected chi connectivity index (χ4v) is 3.26. The van der Waals surface area contributed by atoms with Crippen molar-refractivity contribution in [2.75, 3.05) is 5.75 Å². The summed E-state index contributed by atoms with van der Waals surface area (Å²) in [7, 11) is 0. The lowest BCUT2D eigenvalue weighted by Crippen LogP contribution is -2.25. The molecule has 1 saturated carbocycles. The van der Waals surface area contributed by atoms with E-state index in [1.54, 1.807) is 10.6 Å². The first-order valence-corrected chi connectivity index (χ1v) is 6.95.